The maximum Gasteiger partial charge on any atom is 0.266 e. The summed E-state index contributed by atoms with van der Waals surface area (Å²) >= 11 is 0. The molecule has 0 atom stereocenters. The Morgan fingerprint density at radius 1 is 1.10 bits per heavy atom. The van der Waals surface area contributed by atoms with Crippen molar-refractivity contribution >= 4 is 16.9 Å². The first kappa shape index (κ1) is 19.3. The van der Waals surface area contributed by atoms with Crippen molar-refractivity contribution in [3.05, 3.63) is 93.4 Å². The van der Waals surface area contributed by atoms with Crippen molar-refractivity contribution in [3.63, 3.8) is 0 Å². The van der Waals surface area contributed by atoms with Gasteiger partial charge in [-0.25, -0.2) is 13.5 Å². The van der Waals surface area contributed by atoms with Crippen molar-refractivity contribution < 1.29 is 18.7 Å². The van der Waals surface area contributed by atoms with Crippen LogP contribution in [0, 0.1) is 11.6 Å². The minimum absolute atomic E-state index is 0.175. The molecule has 7 nitrogen and oxygen atoms in total. The molecule has 4 rings (SSSR count). The summed E-state index contributed by atoms with van der Waals surface area (Å²) in [6, 6.07) is 12.2. The molecule has 152 valence electrons. The molecule has 30 heavy (non-hydrogen) atoms. The molecule has 1 amide bonds. The van der Waals surface area contributed by atoms with Crippen LogP contribution in [-0.2, 0) is 13.1 Å². The lowest BCUT2D eigenvalue weighted by Gasteiger charge is -2.08. The van der Waals surface area contributed by atoms with Gasteiger partial charge in [0.15, 0.2) is 0 Å². The Balaban J connectivity index is 1.61. The van der Waals surface area contributed by atoms with Crippen LogP contribution in [0.2, 0.25) is 0 Å². The molecule has 0 aliphatic heterocycles. The average Bonchev–Trinajstić information content (AvgIpc) is 3.09. The van der Waals surface area contributed by atoms with Crippen molar-refractivity contribution in [1.82, 2.24) is 20.1 Å². The number of nitrogens with zero attached hydrogens (tertiary/aromatic N) is 2. The molecule has 0 saturated carbocycles. The number of hydrogen-bond donors (Lipinski definition) is 3. The number of hydrogen-bond acceptors (Lipinski definition) is 4. The summed E-state index contributed by atoms with van der Waals surface area (Å²) in [5.74, 6) is -2.97. The van der Waals surface area contributed by atoms with Gasteiger partial charge in [-0.15, -0.1) is 0 Å². The second-order valence-corrected chi connectivity index (χ2v) is 6.69. The quantitative estimate of drug-likeness (QED) is 0.471. The molecule has 0 radical (unpaired) electrons. The number of aromatic amines is 1. The SMILES string of the molecule is O=C(NCc1cc(F)cc(F)c1)c1c(O)c2cnn(Cc3ccccc3)c2[nH]c1=O. The summed E-state index contributed by atoms with van der Waals surface area (Å²) < 4.78 is 28.1. The number of H-pyrrole nitrogens is 1. The van der Waals surface area contributed by atoms with Gasteiger partial charge < -0.3 is 15.4 Å². The molecule has 0 fully saturated rings. The highest BCUT2D eigenvalue weighted by Gasteiger charge is 2.21. The van der Waals surface area contributed by atoms with Gasteiger partial charge >= 0.3 is 0 Å². The summed E-state index contributed by atoms with van der Waals surface area (Å²) in [5, 5.41) is 17.3. The Bertz CT molecular complexity index is 1280. The first-order valence-corrected chi connectivity index (χ1v) is 9.00. The zero-order chi connectivity index (χ0) is 21.3. The molecular weight excluding hydrogens is 394 g/mol. The van der Waals surface area contributed by atoms with Crippen molar-refractivity contribution in [3.8, 4) is 5.75 Å². The lowest BCUT2D eigenvalue weighted by atomic mass is 10.1. The molecule has 2 heterocycles. The lowest BCUT2D eigenvalue weighted by Crippen LogP contribution is -2.29. The van der Waals surface area contributed by atoms with Crippen LogP contribution < -0.4 is 10.9 Å². The van der Waals surface area contributed by atoms with E-state index in [0.29, 0.717) is 12.6 Å². The van der Waals surface area contributed by atoms with Crippen LogP contribution in [0.3, 0.4) is 0 Å². The van der Waals surface area contributed by atoms with Crippen LogP contribution in [0.25, 0.3) is 11.0 Å². The largest absolute Gasteiger partial charge is 0.506 e. The average molecular weight is 410 g/mol. The highest BCUT2D eigenvalue weighted by Crippen LogP contribution is 2.25. The number of carbonyl (C=O) groups excluding carboxylic acids is 1. The van der Waals surface area contributed by atoms with Gasteiger partial charge in [-0.1, -0.05) is 30.3 Å². The minimum Gasteiger partial charge on any atom is -0.506 e. The smallest absolute Gasteiger partial charge is 0.266 e. The number of carbonyl (C=O) groups is 1. The summed E-state index contributed by atoms with van der Waals surface area (Å²) in [5.41, 5.74) is 0.0713. The monoisotopic (exact) mass is 410 g/mol. The van der Waals surface area contributed by atoms with Crippen molar-refractivity contribution in [2.24, 2.45) is 0 Å². The Kier molecular flexibility index (Phi) is 5.01. The number of fused-ring (bicyclic) bond motifs is 1. The van der Waals surface area contributed by atoms with Gasteiger partial charge in [0, 0.05) is 12.6 Å². The summed E-state index contributed by atoms with van der Waals surface area (Å²) in [7, 11) is 0. The van der Waals surface area contributed by atoms with Crippen molar-refractivity contribution in [2.45, 2.75) is 13.1 Å². The van der Waals surface area contributed by atoms with Crippen LogP contribution in [0.1, 0.15) is 21.5 Å². The fourth-order valence-electron chi connectivity index (χ4n) is 3.17. The predicted octanol–water partition coefficient (Wildman–Crippen LogP) is 2.69. The molecule has 0 aliphatic rings. The van der Waals surface area contributed by atoms with E-state index in [2.05, 4.69) is 15.4 Å². The molecule has 4 aromatic rings. The molecule has 0 bridgehead atoms. The molecule has 3 N–H and O–H groups in total. The number of halogens is 2. The molecule has 0 saturated heterocycles. The number of aromatic nitrogens is 3. The Morgan fingerprint density at radius 2 is 1.80 bits per heavy atom. The van der Waals surface area contributed by atoms with Crippen LogP contribution in [-0.4, -0.2) is 25.8 Å². The molecule has 0 aliphatic carbocycles. The lowest BCUT2D eigenvalue weighted by molar-refractivity contribution is 0.0946. The van der Waals surface area contributed by atoms with Crippen molar-refractivity contribution in [1.29, 1.82) is 0 Å². The maximum absolute atomic E-state index is 13.3. The van der Waals surface area contributed by atoms with E-state index >= 15 is 0 Å². The molecule has 2 aromatic heterocycles. The first-order valence-electron chi connectivity index (χ1n) is 9.00. The number of benzene rings is 2. The van der Waals surface area contributed by atoms with Gasteiger partial charge in [-0.3, -0.25) is 9.59 Å². The Morgan fingerprint density at radius 3 is 2.50 bits per heavy atom. The van der Waals surface area contributed by atoms with E-state index in [-0.39, 0.29) is 23.1 Å². The Hall–Kier alpha value is -4.01. The summed E-state index contributed by atoms with van der Waals surface area (Å²) in [6.45, 7) is 0.133. The number of nitrogens with one attached hydrogen (secondary N) is 2. The normalized spacial score (nSPS) is 11.0. The standard InChI is InChI=1S/C21H16F2N4O3/c22-14-6-13(7-15(23)8-14)9-24-20(29)17-18(28)16-10-25-27(19(16)26-21(17)30)11-12-4-2-1-3-5-12/h1-8,10H,9,11H2,(H,24,29)(H2,26,28,30). The van der Waals surface area contributed by atoms with Crippen LogP contribution in [0.4, 0.5) is 8.78 Å². The minimum atomic E-state index is -0.879. The van der Waals surface area contributed by atoms with E-state index in [1.54, 1.807) is 0 Å². The van der Waals surface area contributed by atoms with Crippen molar-refractivity contribution in [2.75, 3.05) is 0 Å². The first-order chi connectivity index (χ1) is 14.4. The second-order valence-electron chi connectivity index (χ2n) is 6.69. The highest BCUT2D eigenvalue weighted by atomic mass is 19.1. The summed E-state index contributed by atoms with van der Waals surface area (Å²) in [4.78, 5) is 27.5. The van der Waals surface area contributed by atoms with Gasteiger partial charge in [0.1, 0.15) is 28.6 Å². The summed E-state index contributed by atoms with van der Waals surface area (Å²) in [6.07, 6.45) is 1.35. The van der Waals surface area contributed by atoms with E-state index in [0.717, 1.165) is 17.7 Å². The fraction of sp³-hybridized carbons (Fsp3) is 0.0952. The van der Waals surface area contributed by atoms with E-state index in [1.807, 2.05) is 30.3 Å². The van der Waals surface area contributed by atoms with E-state index < -0.39 is 34.4 Å². The third kappa shape index (κ3) is 3.77. The van der Waals surface area contributed by atoms with E-state index in [9.17, 15) is 23.5 Å². The number of aromatic hydroxyl groups is 1. The van der Waals surface area contributed by atoms with Crippen LogP contribution in [0.5, 0.6) is 5.75 Å². The van der Waals surface area contributed by atoms with E-state index in [1.165, 1.54) is 10.9 Å². The maximum atomic E-state index is 13.3. The zero-order valence-electron chi connectivity index (χ0n) is 15.5. The highest BCUT2D eigenvalue weighted by molar-refractivity contribution is 6.01. The van der Waals surface area contributed by atoms with Gasteiger partial charge in [0.25, 0.3) is 11.5 Å². The van der Waals surface area contributed by atoms with Gasteiger partial charge in [0.05, 0.1) is 18.1 Å². The zero-order valence-corrected chi connectivity index (χ0v) is 15.5. The molecule has 9 heteroatoms. The molecular formula is C21H16F2N4O3. The fourth-order valence-corrected chi connectivity index (χ4v) is 3.17. The topological polar surface area (TPSA) is 100 Å². The van der Waals surface area contributed by atoms with Crippen LogP contribution in [0.15, 0.2) is 59.5 Å². The Labute approximate surface area is 168 Å². The van der Waals surface area contributed by atoms with Gasteiger partial charge in [-0.05, 0) is 23.3 Å². The molecule has 0 unspecified atom stereocenters. The molecule has 0 spiro atoms. The third-order valence-electron chi connectivity index (χ3n) is 4.57. The number of amides is 1. The number of pyridine rings is 1. The van der Waals surface area contributed by atoms with Crippen LogP contribution >= 0.6 is 0 Å². The molecule has 2 aromatic carbocycles. The van der Waals surface area contributed by atoms with E-state index in [4.69, 9.17) is 0 Å². The van der Waals surface area contributed by atoms with Gasteiger partial charge in [0.2, 0.25) is 0 Å². The second kappa shape index (κ2) is 7.78. The van der Waals surface area contributed by atoms with Gasteiger partial charge in [-0.2, -0.15) is 5.10 Å². The predicted molar refractivity (Wildman–Crippen MR) is 105 cm³/mol. The third-order valence-corrected chi connectivity index (χ3v) is 4.57. The number of rotatable bonds is 5.